The van der Waals surface area contributed by atoms with Crippen LogP contribution in [0.15, 0.2) is 43.2 Å². The van der Waals surface area contributed by atoms with E-state index >= 15 is 0 Å². The average Bonchev–Trinajstić information content (AvgIpc) is 2.67. The van der Waals surface area contributed by atoms with E-state index < -0.39 is 0 Å². The lowest BCUT2D eigenvalue weighted by Gasteiger charge is -2.46. The molecule has 25 heavy (non-hydrogen) atoms. The highest BCUT2D eigenvalue weighted by atomic mass is 16.5. The fourth-order valence-corrected chi connectivity index (χ4v) is 3.55. The van der Waals surface area contributed by atoms with Gasteiger partial charge in [-0.25, -0.2) is 9.97 Å². The summed E-state index contributed by atoms with van der Waals surface area (Å²) in [5.41, 5.74) is 1.75. The van der Waals surface area contributed by atoms with Crippen LogP contribution in [0.4, 0.5) is 5.69 Å². The molecule has 7 heteroatoms. The molecule has 0 saturated carbocycles. The van der Waals surface area contributed by atoms with Crippen LogP contribution >= 0.6 is 0 Å². The minimum absolute atomic E-state index is 0.0281. The van der Waals surface area contributed by atoms with Crippen LogP contribution in [0, 0.1) is 0 Å². The third-order valence-corrected chi connectivity index (χ3v) is 5.03. The van der Waals surface area contributed by atoms with Crippen LogP contribution in [0.1, 0.15) is 18.4 Å². The molecule has 0 N–H and O–H groups in total. The van der Waals surface area contributed by atoms with Crippen molar-refractivity contribution in [1.29, 1.82) is 0 Å². The molecule has 4 heterocycles. The summed E-state index contributed by atoms with van der Waals surface area (Å²) >= 11 is 0. The Hall–Kier alpha value is -2.38. The number of likely N-dealkylation sites (tertiary alicyclic amines) is 1. The zero-order valence-corrected chi connectivity index (χ0v) is 14.0. The van der Waals surface area contributed by atoms with Gasteiger partial charge >= 0.3 is 0 Å². The molecule has 0 atom stereocenters. The predicted molar refractivity (Wildman–Crippen MR) is 91.8 cm³/mol. The van der Waals surface area contributed by atoms with Crippen molar-refractivity contribution in [3.05, 3.63) is 48.8 Å². The zero-order chi connectivity index (χ0) is 17.1. The van der Waals surface area contributed by atoms with Crippen molar-refractivity contribution in [1.82, 2.24) is 19.9 Å². The van der Waals surface area contributed by atoms with E-state index in [9.17, 15) is 4.79 Å². The van der Waals surface area contributed by atoms with E-state index in [1.165, 1.54) is 11.9 Å². The SMILES string of the molecule is O=C1COC2(CCN(Cc3ccncc3)CC2)CN1c1cncnc1. The molecule has 2 aromatic rings. The van der Waals surface area contributed by atoms with Gasteiger partial charge in [-0.2, -0.15) is 0 Å². The second kappa shape index (κ2) is 6.85. The maximum Gasteiger partial charge on any atom is 0.253 e. The highest BCUT2D eigenvalue weighted by Gasteiger charge is 2.42. The number of carbonyl (C=O) groups excluding carboxylic acids is 1. The van der Waals surface area contributed by atoms with Crippen LogP contribution in [0.3, 0.4) is 0 Å². The van der Waals surface area contributed by atoms with Crippen molar-refractivity contribution < 1.29 is 9.53 Å². The Bertz CT molecular complexity index is 717. The van der Waals surface area contributed by atoms with Gasteiger partial charge in [-0.05, 0) is 30.5 Å². The summed E-state index contributed by atoms with van der Waals surface area (Å²) in [4.78, 5) is 28.6. The van der Waals surface area contributed by atoms with Gasteiger partial charge < -0.3 is 9.64 Å². The van der Waals surface area contributed by atoms with Crippen LogP contribution in [0.2, 0.25) is 0 Å². The van der Waals surface area contributed by atoms with Gasteiger partial charge in [0.1, 0.15) is 12.9 Å². The quantitative estimate of drug-likeness (QED) is 0.839. The number of pyridine rings is 1. The summed E-state index contributed by atoms with van der Waals surface area (Å²) in [7, 11) is 0. The van der Waals surface area contributed by atoms with Crippen LogP contribution in [-0.2, 0) is 16.1 Å². The van der Waals surface area contributed by atoms with Crippen molar-refractivity contribution >= 4 is 11.6 Å². The molecule has 0 aliphatic carbocycles. The van der Waals surface area contributed by atoms with E-state index in [2.05, 4.69) is 32.0 Å². The molecule has 130 valence electrons. The molecule has 0 unspecified atom stereocenters. The first kappa shape index (κ1) is 16.1. The van der Waals surface area contributed by atoms with Crippen molar-refractivity contribution in [3.8, 4) is 0 Å². The van der Waals surface area contributed by atoms with Gasteiger partial charge in [0.05, 0.1) is 30.2 Å². The number of anilines is 1. The molecule has 2 aliphatic heterocycles. The number of rotatable bonds is 3. The summed E-state index contributed by atoms with van der Waals surface area (Å²) < 4.78 is 6.00. The molecular weight excluding hydrogens is 318 g/mol. The lowest BCUT2D eigenvalue weighted by atomic mass is 9.89. The van der Waals surface area contributed by atoms with Gasteiger partial charge in [0.2, 0.25) is 0 Å². The molecule has 2 aromatic heterocycles. The summed E-state index contributed by atoms with van der Waals surface area (Å²) in [6.07, 6.45) is 10.3. The Morgan fingerprint density at radius 1 is 1.08 bits per heavy atom. The topological polar surface area (TPSA) is 71.5 Å². The first-order chi connectivity index (χ1) is 12.2. The average molecular weight is 339 g/mol. The number of aromatic nitrogens is 3. The molecule has 0 radical (unpaired) electrons. The largest absolute Gasteiger partial charge is 0.363 e. The molecule has 1 spiro atoms. The smallest absolute Gasteiger partial charge is 0.253 e. The van der Waals surface area contributed by atoms with E-state index in [0.29, 0.717) is 6.54 Å². The minimum Gasteiger partial charge on any atom is -0.363 e. The fourth-order valence-electron chi connectivity index (χ4n) is 3.55. The molecule has 7 nitrogen and oxygen atoms in total. The van der Waals surface area contributed by atoms with Gasteiger partial charge in [-0.15, -0.1) is 0 Å². The normalized spacial score (nSPS) is 20.8. The molecule has 2 saturated heterocycles. The molecule has 2 fully saturated rings. The number of amides is 1. The zero-order valence-electron chi connectivity index (χ0n) is 14.0. The maximum atomic E-state index is 12.3. The van der Waals surface area contributed by atoms with Crippen LogP contribution in [0.5, 0.6) is 0 Å². The fraction of sp³-hybridized carbons (Fsp3) is 0.444. The number of nitrogens with zero attached hydrogens (tertiary/aromatic N) is 5. The summed E-state index contributed by atoms with van der Waals surface area (Å²) in [6, 6.07) is 4.11. The van der Waals surface area contributed by atoms with E-state index in [0.717, 1.165) is 38.2 Å². The number of hydrogen-bond acceptors (Lipinski definition) is 6. The summed E-state index contributed by atoms with van der Waals surface area (Å²) in [6.45, 7) is 3.53. The van der Waals surface area contributed by atoms with Crippen molar-refractivity contribution in [3.63, 3.8) is 0 Å². The summed E-state index contributed by atoms with van der Waals surface area (Å²) in [5.74, 6) is -0.0281. The number of piperidine rings is 1. The first-order valence-electron chi connectivity index (χ1n) is 8.55. The Balaban J connectivity index is 1.41. The number of hydrogen-bond donors (Lipinski definition) is 0. The van der Waals surface area contributed by atoms with E-state index in [-0.39, 0.29) is 18.1 Å². The van der Waals surface area contributed by atoms with Crippen LogP contribution in [-0.4, -0.2) is 57.6 Å². The van der Waals surface area contributed by atoms with Crippen LogP contribution in [0.25, 0.3) is 0 Å². The third-order valence-electron chi connectivity index (χ3n) is 5.03. The Morgan fingerprint density at radius 3 is 2.52 bits per heavy atom. The maximum absolute atomic E-state index is 12.3. The lowest BCUT2D eigenvalue weighted by Crippen LogP contribution is -2.58. The Labute approximate surface area is 146 Å². The van der Waals surface area contributed by atoms with Gasteiger partial charge in [0.15, 0.2) is 0 Å². The number of ether oxygens (including phenoxy) is 1. The Kier molecular flexibility index (Phi) is 4.42. The molecule has 0 aromatic carbocycles. The molecule has 0 bridgehead atoms. The molecule has 2 aliphatic rings. The second-order valence-electron chi connectivity index (χ2n) is 6.68. The first-order valence-corrected chi connectivity index (χ1v) is 8.55. The summed E-state index contributed by atoms with van der Waals surface area (Å²) in [5, 5.41) is 0. The highest BCUT2D eigenvalue weighted by molar-refractivity contribution is 5.94. The molecule has 1 amide bonds. The van der Waals surface area contributed by atoms with E-state index in [1.807, 2.05) is 12.4 Å². The van der Waals surface area contributed by atoms with E-state index in [4.69, 9.17) is 4.74 Å². The predicted octanol–water partition coefficient (Wildman–Crippen LogP) is 1.27. The van der Waals surface area contributed by atoms with Gasteiger partial charge in [0.25, 0.3) is 5.91 Å². The third kappa shape index (κ3) is 3.52. The van der Waals surface area contributed by atoms with Gasteiger partial charge in [-0.1, -0.05) is 0 Å². The number of morpholine rings is 1. The van der Waals surface area contributed by atoms with Crippen molar-refractivity contribution in [2.24, 2.45) is 0 Å². The van der Waals surface area contributed by atoms with E-state index in [1.54, 1.807) is 17.3 Å². The minimum atomic E-state index is -0.265. The van der Waals surface area contributed by atoms with Gasteiger partial charge in [0, 0.05) is 32.0 Å². The van der Waals surface area contributed by atoms with Crippen molar-refractivity contribution in [2.45, 2.75) is 25.0 Å². The van der Waals surface area contributed by atoms with Gasteiger partial charge in [-0.3, -0.25) is 14.7 Å². The molecular formula is C18H21N5O2. The van der Waals surface area contributed by atoms with Crippen LogP contribution < -0.4 is 4.90 Å². The standard InChI is InChI=1S/C18H21N5O2/c24-17-12-25-18(13-23(17)16-9-20-14-21-10-16)3-7-22(8-4-18)11-15-1-5-19-6-2-15/h1-2,5-6,9-10,14H,3-4,7-8,11-13H2. The number of carbonyl (C=O) groups is 1. The molecule has 4 rings (SSSR count). The highest BCUT2D eigenvalue weighted by Crippen LogP contribution is 2.32. The second-order valence-corrected chi connectivity index (χ2v) is 6.68. The lowest BCUT2D eigenvalue weighted by molar-refractivity contribution is -0.145. The van der Waals surface area contributed by atoms with Crippen molar-refractivity contribution in [2.75, 3.05) is 31.1 Å². The monoisotopic (exact) mass is 339 g/mol. The Morgan fingerprint density at radius 2 is 1.80 bits per heavy atom.